The van der Waals surface area contributed by atoms with Crippen molar-refractivity contribution in [2.45, 2.75) is 51.9 Å². The van der Waals surface area contributed by atoms with Gasteiger partial charge in [-0.05, 0) is 37.8 Å². The first-order chi connectivity index (χ1) is 12.6. The van der Waals surface area contributed by atoms with Gasteiger partial charge in [0, 0.05) is 38.1 Å². The van der Waals surface area contributed by atoms with Gasteiger partial charge in [0.25, 0.3) is 0 Å². The molecule has 0 saturated carbocycles. The van der Waals surface area contributed by atoms with E-state index in [0.29, 0.717) is 0 Å². The van der Waals surface area contributed by atoms with Crippen molar-refractivity contribution < 1.29 is 14.6 Å². The van der Waals surface area contributed by atoms with Gasteiger partial charge in [-0.25, -0.2) is 0 Å². The topological polar surface area (TPSA) is 45.2 Å². The largest absolute Gasteiger partial charge is 0.495 e. The zero-order valence-corrected chi connectivity index (χ0v) is 16.5. The van der Waals surface area contributed by atoms with Gasteiger partial charge in [-0.3, -0.25) is 4.90 Å². The van der Waals surface area contributed by atoms with Gasteiger partial charge in [0.05, 0.1) is 18.9 Å². The third kappa shape index (κ3) is 4.00. The molecule has 0 aliphatic carbocycles. The summed E-state index contributed by atoms with van der Waals surface area (Å²) in [6, 6.07) is 8.25. The van der Waals surface area contributed by atoms with Crippen LogP contribution in [-0.2, 0) is 4.74 Å². The molecule has 0 aromatic heterocycles. The van der Waals surface area contributed by atoms with E-state index in [-0.39, 0.29) is 11.5 Å². The standard InChI is InChI=1S/C21H34N2O3/c1-4-21(5-2)16-17(26-20(21)24)10-11-22-12-14-23(15-13-22)18-8-6-7-9-19(18)25-3/h6-9,17,20,24H,4-5,10-16H2,1-3H3. The Bertz CT molecular complexity index is 568. The van der Waals surface area contributed by atoms with Crippen LogP contribution in [0.1, 0.15) is 39.5 Å². The number of hydrogen-bond donors (Lipinski definition) is 1. The SMILES string of the molecule is CCC1(CC)CC(CCN2CCN(c3ccccc3OC)CC2)OC1O. The van der Waals surface area contributed by atoms with Crippen molar-refractivity contribution in [1.29, 1.82) is 0 Å². The lowest BCUT2D eigenvalue weighted by molar-refractivity contribution is -0.138. The van der Waals surface area contributed by atoms with Crippen LogP contribution in [0.3, 0.4) is 0 Å². The maximum atomic E-state index is 10.3. The predicted molar refractivity (Wildman–Crippen MR) is 105 cm³/mol. The molecule has 3 rings (SSSR count). The normalized spacial score (nSPS) is 26.2. The van der Waals surface area contributed by atoms with E-state index >= 15 is 0 Å². The molecule has 5 nitrogen and oxygen atoms in total. The minimum Gasteiger partial charge on any atom is -0.495 e. The number of hydrogen-bond acceptors (Lipinski definition) is 5. The summed E-state index contributed by atoms with van der Waals surface area (Å²) in [5.74, 6) is 0.949. The van der Waals surface area contributed by atoms with Gasteiger partial charge in [-0.15, -0.1) is 0 Å². The first kappa shape index (κ1) is 19.5. The summed E-state index contributed by atoms with van der Waals surface area (Å²) in [6.45, 7) is 9.51. The Balaban J connectivity index is 1.46. The van der Waals surface area contributed by atoms with Gasteiger partial charge in [0.1, 0.15) is 5.75 Å². The van der Waals surface area contributed by atoms with Crippen molar-refractivity contribution in [3.8, 4) is 5.75 Å². The number of para-hydroxylation sites is 2. The van der Waals surface area contributed by atoms with Crippen LogP contribution in [0, 0.1) is 5.41 Å². The zero-order chi connectivity index (χ0) is 18.6. The maximum Gasteiger partial charge on any atom is 0.160 e. The summed E-state index contributed by atoms with van der Waals surface area (Å²) in [7, 11) is 1.73. The highest BCUT2D eigenvalue weighted by molar-refractivity contribution is 5.58. The Morgan fingerprint density at radius 1 is 1.15 bits per heavy atom. The fourth-order valence-corrected chi connectivity index (χ4v) is 4.42. The van der Waals surface area contributed by atoms with E-state index in [4.69, 9.17) is 9.47 Å². The summed E-state index contributed by atoms with van der Waals surface area (Å²) < 4.78 is 11.4. The molecule has 2 aliphatic heterocycles. The smallest absolute Gasteiger partial charge is 0.160 e. The van der Waals surface area contributed by atoms with Gasteiger partial charge in [-0.2, -0.15) is 0 Å². The van der Waals surface area contributed by atoms with Gasteiger partial charge >= 0.3 is 0 Å². The minimum atomic E-state index is -0.593. The van der Waals surface area contributed by atoms with Crippen molar-refractivity contribution in [1.82, 2.24) is 4.90 Å². The molecule has 2 saturated heterocycles. The Morgan fingerprint density at radius 3 is 2.46 bits per heavy atom. The fourth-order valence-electron chi connectivity index (χ4n) is 4.42. The second kappa shape index (κ2) is 8.59. The van der Waals surface area contributed by atoms with E-state index in [1.54, 1.807) is 7.11 Å². The summed E-state index contributed by atoms with van der Waals surface area (Å²) in [4.78, 5) is 4.92. The molecule has 0 amide bonds. The highest BCUT2D eigenvalue weighted by atomic mass is 16.6. The van der Waals surface area contributed by atoms with Crippen molar-refractivity contribution in [3.05, 3.63) is 24.3 Å². The summed E-state index contributed by atoms with van der Waals surface area (Å²) in [5.41, 5.74) is 1.15. The Morgan fingerprint density at radius 2 is 1.85 bits per heavy atom. The van der Waals surface area contributed by atoms with Crippen LogP contribution in [0.15, 0.2) is 24.3 Å². The molecule has 2 heterocycles. The highest BCUT2D eigenvalue weighted by Crippen LogP contribution is 2.44. The second-order valence-corrected chi connectivity index (χ2v) is 7.67. The highest BCUT2D eigenvalue weighted by Gasteiger charge is 2.45. The average molecular weight is 363 g/mol. The maximum absolute atomic E-state index is 10.3. The number of anilines is 1. The molecule has 2 atom stereocenters. The molecule has 0 radical (unpaired) electrons. The predicted octanol–water partition coefficient (Wildman–Crippen LogP) is 3.12. The lowest BCUT2D eigenvalue weighted by Crippen LogP contribution is -2.47. The van der Waals surface area contributed by atoms with Gasteiger partial charge in [-0.1, -0.05) is 26.0 Å². The minimum absolute atomic E-state index is 0.0345. The van der Waals surface area contributed by atoms with Crippen molar-refractivity contribution in [3.63, 3.8) is 0 Å². The average Bonchev–Trinajstić information content (AvgIpc) is 3.02. The van der Waals surface area contributed by atoms with Gasteiger partial charge in [0.15, 0.2) is 6.29 Å². The van der Waals surface area contributed by atoms with E-state index in [9.17, 15) is 5.11 Å². The van der Waals surface area contributed by atoms with Crippen LogP contribution in [-0.4, -0.2) is 62.2 Å². The molecule has 2 aliphatic rings. The van der Waals surface area contributed by atoms with Crippen LogP contribution in [0.2, 0.25) is 0 Å². The Labute approximate surface area is 157 Å². The van der Waals surface area contributed by atoms with Crippen molar-refractivity contribution in [2.24, 2.45) is 5.41 Å². The lowest BCUT2D eigenvalue weighted by atomic mass is 9.78. The number of rotatable bonds is 7. The summed E-state index contributed by atoms with van der Waals surface area (Å²) in [6.07, 6.45) is 3.56. The van der Waals surface area contributed by atoms with E-state index in [1.807, 2.05) is 12.1 Å². The van der Waals surface area contributed by atoms with Crippen molar-refractivity contribution >= 4 is 5.69 Å². The van der Waals surface area contributed by atoms with E-state index in [2.05, 4.69) is 35.8 Å². The molecule has 2 fully saturated rings. The van der Waals surface area contributed by atoms with E-state index < -0.39 is 6.29 Å². The van der Waals surface area contributed by atoms with Crippen LogP contribution >= 0.6 is 0 Å². The molecule has 5 heteroatoms. The molecule has 0 bridgehead atoms. The molecule has 1 aromatic rings. The van der Waals surface area contributed by atoms with Crippen molar-refractivity contribution in [2.75, 3.05) is 44.7 Å². The molecule has 1 aromatic carbocycles. The molecular weight excluding hydrogens is 328 g/mol. The molecule has 26 heavy (non-hydrogen) atoms. The van der Waals surface area contributed by atoms with Crippen LogP contribution < -0.4 is 9.64 Å². The Kier molecular flexibility index (Phi) is 6.43. The van der Waals surface area contributed by atoms with Gasteiger partial charge < -0.3 is 19.5 Å². The van der Waals surface area contributed by atoms with Crippen LogP contribution in [0.25, 0.3) is 0 Å². The number of piperazine rings is 1. The number of aliphatic hydroxyl groups excluding tert-OH is 1. The fraction of sp³-hybridized carbons (Fsp3) is 0.714. The van der Waals surface area contributed by atoms with E-state index in [0.717, 1.165) is 64.2 Å². The third-order valence-electron chi connectivity index (χ3n) is 6.45. The van der Waals surface area contributed by atoms with Crippen LogP contribution in [0.4, 0.5) is 5.69 Å². The summed E-state index contributed by atoms with van der Waals surface area (Å²) >= 11 is 0. The molecule has 1 N–H and O–H groups in total. The lowest BCUT2D eigenvalue weighted by Gasteiger charge is -2.37. The number of nitrogens with zero attached hydrogens (tertiary/aromatic N) is 2. The second-order valence-electron chi connectivity index (χ2n) is 7.67. The first-order valence-corrected chi connectivity index (χ1v) is 10.1. The number of methoxy groups -OCH3 is 1. The summed E-state index contributed by atoms with van der Waals surface area (Å²) in [5, 5.41) is 10.3. The van der Waals surface area contributed by atoms with E-state index in [1.165, 1.54) is 5.69 Å². The quantitative estimate of drug-likeness (QED) is 0.807. The monoisotopic (exact) mass is 362 g/mol. The number of ether oxygens (including phenoxy) is 2. The first-order valence-electron chi connectivity index (χ1n) is 10.1. The van der Waals surface area contributed by atoms with Crippen LogP contribution in [0.5, 0.6) is 5.75 Å². The Hall–Kier alpha value is -1.30. The molecular formula is C21H34N2O3. The molecule has 2 unspecified atom stereocenters. The van der Waals surface area contributed by atoms with Gasteiger partial charge in [0.2, 0.25) is 0 Å². The number of benzene rings is 1. The third-order valence-corrected chi connectivity index (χ3v) is 6.45. The zero-order valence-electron chi connectivity index (χ0n) is 16.5. The number of aliphatic hydroxyl groups is 1. The molecule has 0 spiro atoms. The molecule has 146 valence electrons.